The Morgan fingerprint density at radius 1 is 1.10 bits per heavy atom. The number of nitrogens with one attached hydrogen (secondary N) is 1. The summed E-state index contributed by atoms with van der Waals surface area (Å²) >= 11 is -0.315. The van der Waals surface area contributed by atoms with Crippen LogP contribution in [0.2, 0.25) is 0 Å². The standard InChI is InChI=1S/C18H12F6N4OS/c1-9-2-3-11(30-18(22,23)24)6-14(9)26-17-27-15(29)7-25-28(17)8-10-4-12(19)16(21)13(20)5-10/h2-7H,8H2,1H3,(H,26,27,29). The van der Waals surface area contributed by atoms with E-state index in [2.05, 4.69) is 15.4 Å². The highest BCUT2D eigenvalue weighted by Gasteiger charge is 2.29. The van der Waals surface area contributed by atoms with Gasteiger partial charge in [-0.1, -0.05) is 6.07 Å². The van der Waals surface area contributed by atoms with Crippen LogP contribution < -0.4 is 10.9 Å². The van der Waals surface area contributed by atoms with Gasteiger partial charge in [-0.2, -0.15) is 23.3 Å². The molecule has 0 bridgehead atoms. The van der Waals surface area contributed by atoms with Crippen molar-refractivity contribution in [2.75, 3.05) is 5.32 Å². The van der Waals surface area contributed by atoms with E-state index in [1.54, 1.807) is 6.92 Å². The molecule has 0 fully saturated rings. The van der Waals surface area contributed by atoms with Crippen LogP contribution in [-0.4, -0.2) is 20.3 Å². The molecular weight excluding hydrogens is 434 g/mol. The first-order chi connectivity index (χ1) is 14.0. The third-order valence-corrected chi connectivity index (χ3v) is 4.55. The molecule has 2 aromatic carbocycles. The van der Waals surface area contributed by atoms with Gasteiger partial charge in [0.2, 0.25) is 5.95 Å². The summed E-state index contributed by atoms with van der Waals surface area (Å²) in [6.07, 6.45) is 0.851. The van der Waals surface area contributed by atoms with Crippen molar-refractivity contribution in [3.05, 3.63) is 75.5 Å². The summed E-state index contributed by atoms with van der Waals surface area (Å²) in [6, 6.07) is 5.46. The number of hydrogen-bond donors (Lipinski definition) is 1. The number of thioether (sulfide) groups is 1. The van der Waals surface area contributed by atoms with Gasteiger partial charge < -0.3 is 5.32 Å². The van der Waals surface area contributed by atoms with Gasteiger partial charge in [-0.3, -0.25) is 4.79 Å². The molecule has 0 spiro atoms. The SMILES string of the molecule is Cc1ccc(SC(F)(F)F)cc1Nc1nc(=O)cnn1Cc1cc(F)c(F)c(F)c1. The summed E-state index contributed by atoms with van der Waals surface area (Å²) in [5.74, 6) is -4.61. The monoisotopic (exact) mass is 446 g/mol. The Hall–Kier alpha value is -3.02. The number of rotatable bonds is 5. The van der Waals surface area contributed by atoms with E-state index in [9.17, 15) is 31.1 Å². The van der Waals surface area contributed by atoms with Gasteiger partial charge >= 0.3 is 5.51 Å². The average molecular weight is 446 g/mol. The summed E-state index contributed by atoms with van der Waals surface area (Å²) in [5, 5.41) is 6.53. The second-order valence-corrected chi connectivity index (χ2v) is 7.24. The maximum absolute atomic E-state index is 13.5. The number of nitrogens with zero attached hydrogens (tertiary/aromatic N) is 3. The summed E-state index contributed by atoms with van der Waals surface area (Å²) in [7, 11) is 0. The van der Waals surface area contributed by atoms with Gasteiger partial charge in [0, 0.05) is 10.6 Å². The molecule has 0 amide bonds. The zero-order valence-corrected chi connectivity index (χ0v) is 15.9. The molecule has 3 aromatic rings. The third kappa shape index (κ3) is 5.32. The molecular formula is C18H12F6N4OS. The highest BCUT2D eigenvalue weighted by atomic mass is 32.2. The first-order valence-corrected chi connectivity index (χ1v) is 9.04. The number of benzene rings is 2. The van der Waals surface area contributed by atoms with Gasteiger partial charge in [0.25, 0.3) is 5.56 Å². The van der Waals surface area contributed by atoms with E-state index in [0.717, 1.165) is 23.0 Å². The number of hydrogen-bond acceptors (Lipinski definition) is 5. The van der Waals surface area contributed by atoms with Crippen LogP contribution in [-0.2, 0) is 6.54 Å². The molecule has 0 aliphatic heterocycles. The van der Waals surface area contributed by atoms with E-state index in [4.69, 9.17) is 0 Å². The Balaban J connectivity index is 1.95. The molecule has 1 N–H and O–H groups in total. The normalized spacial score (nSPS) is 11.6. The molecule has 0 unspecified atom stereocenters. The fourth-order valence-electron chi connectivity index (χ4n) is 2.50. The van der Waals surface area contributed by atoms with Crippen LogP contribution in [0.3, 0.4) is 0 Å². The Bertz CT molecular complexity index is 1130. The van der Waals surface area contributed by atoms with Gasteiger partial charge in [-0.25, -0.2) is 17.9 Å². The smallest absolute Gasteiger partial charge is 0.324 e. The van der Waals surface area contributed by atoms with Crippen molar-refractivity contribution in [2.45, 2.75) is 23.9 Å². The molecule has 30 heavy (non-hydrogen) atoms. The fourth-order valence-corrected chi connectivity index (χ4v) is 3.08. The Kier molecular flexibility index (Phi) is 6.06. The summed E-state index contributed by atoms with van der Waals surface area (Å²) in [6.45, 7) is 1.33. The Morgan fingerprint density at radius 2 is 1.77 bits per heavy atom. The van der Waals surface area contributed by atoms with Gasteiger partial charge in [0.1, 0.15) is 6.20 Å². The third-order valence-electron chi connectivity index (χ3n) is 3.83. The molecule has 1 aromatic heterocycles. The number of aromatic nitrogens is 3. The van der Waals surface area contributed by atoms with Crippen LogP contribution in [0.5, 0.6) is 0 Å². The molecule has 0 saturated heterocycles. The van der Waals surface area contributed by atoms with Crippen molar-refractivity contribution in [1.82, 2.24) is 14.8 Å². The van der Waals surface area contributed by atoms with Gasteiger partial charge in [-0.15, -0.1) is 0 Å². The topological polar surface area (TPSA) is 59.8 Å². The molecule has 5 nitrogen and oxygen atoms in total. The summed E-state index contributed by atoms with van der Waals surface area (Å²) < 4.78 is 79.1. The molecule has 158 valence electrons. The summed E-state index contributed by atoms with van der Waals surface area (Å²) in [5.41, 5.74) is -4.48. The number of aryl methyl sites for hydroxylation is 1. The van der Waals surface area contributed by atoms with Crippen molar-refractivity contribution in [3.63, 3.8) is 0 Å². The first-order valence-electron chi connectivity index (χ1n) is 8.23. The molecule has 12 heteroatoms. The predicted molar refractivity (Wildman–Crippen MR) is 98.1 cm³/mol. The van der Waals surface area contributed by atoms with Crippen LogP contribution >= 0.6 is 11.8 Å². The zero-order chi connectivity index (χ0) is 22.1. The quantitative estimate of drug-likeness (QED) is 0.348. The van der Waals surface area contributed by atoms with Crippen LogP contribution in [0.4, 0.5) is 38.0 Å². The van der Waals surface area contributed by atoms with E-state index >= 15 is 0 Å². The lowest BCUT2D eigenvalue weighted by atomic mass is 10.2. The fraction of sp³-hybridized carbons (Fsp3) is 0.167. The van der Waals surface area contributed by atoms with Gasteiger partial charge in [-0.05, 0) is 54.1 Å². The van der Waals surface area contributed by atoms with Crippen LogP contribution in [0.1, 0.15) is 11.1 Å². The molecule has 0 atom stereocenters. The van der Waals surface area contributed by atoms with E-state index < -0.39 is 28.5 Å². The molecule has 0 radical (unpaired) electrons. The predicted octanol–water partition coefficient (Wildman–Crippen LogP) is 4.77. The lowest BCUT2D eigenvalue weighted by Crippen LogP contribution is -2.19. The minimum Gasteiger partial charge on any atom is -0.324 e. The summed E-state index contributed by atoms with van der Waals surface area (Å²) in [4.78, 5) is 15.2. The molecule has 1 heterocycles. The van der Waals surface area contributed by atoms with E-state index in [1.807, 2.05) is 0 Å². The Labute approximate surface area is 169 Å². The number of alkyl halides is 3. The maximum Gasteiger partial charge on any atom is 0.446 e. The first kappa shape index (κ1) is 21.7. The molecule has 0 aliphatic carbocycles. The van der Waals surface area contributed by atoms with Gasteiger partial charge in [0.15, 0.2) is 17.5 Å². The van der Waals surface area contributed by atoms with E-state index in [0.29, 0.717) is 5.56 Å². The second kappa shape index (κ2) is 8.38. The molecule has 3 rings (SSSR count). The van der Waals surface area contributed by atoms with Crippen molar-refractivity contribution in [3.8, 4) is 0 Å². The number of halogens is 6. The largest absolute Gasteiger partial charge is 0.446 e. The highest BCUT2D eigenvalue weighted by Crippen LogP contribution is 2.38. The minimum absolute atomic E-state index is 0.00880. The number of anilines is 2. The van der Waals surface area contributed by atoms with Crippen LogP contribution in [0.25, 0.3) is 0 Å². The van der Waals surface area contributed by atoms with E-state index in [1.165, 1.54) is 18.2 Å². The van der Waals surface area contributed by atoms with Crippen LogP contribution in [0, 0.1) is 24.4 Å². The van der Waals surface area contributed by atoms with Crippen molar-refractivity contribution in [2.24, 2.45) is 0 Å². The lowest BCUT2D eigenvalue weighted by Gasteiger charge is -2.15. The zero-order valence-electron chi connectivity index (χ0n) is 15.1. The Morgan fingerprint density at radius 3 is 2.40 bits per heavy atom. The second-order valence-electron chi connectivity index (χ2n) is 6.10. The minimum atomic E-state index is -4.49. The van der Waals surface area contributed by atoms with E-state index in [-0.39, 0.29) is 40.4 Å². The van der Waals surface area contributed by atoms with Gasteiger partial charge in [0.05, 0.1) is 6.54 Å². The lowest BCUT2D eigenvalue weighted by molar-refractivity contribution is -0.0328. The molecule has 0 aliphatic rings. The average Bonchev–Trinajstić information content (AvgIpc) is 2.63. The van der Waals surface area contributed by atoms with Crippen molar-refractivity contribution >= 4 is 23.4 Å². The maximum atomic E-state index is 13.5. The highest BCUT2D eigenvalue weighted by molar-refractivity contribution is 8.00. The van der Waals surface area contributed by atoms with Crippen molar-refractivity contribution in [1.29, 1.82) is 0 Å². The molecule has 0 saturated carbocycles. The van der Waals surface area contributed by atoms with Crippen LogP contribution in [0.15, 0.2) is 46.2 Å². The van der Waals surface area contributed by atoms with Crippen molar-refractivity contribution < 1.29 is 26.3 Å².